The lowest BCUT2D eigenvalue weighted by atomic mass is 10.1. The van der Waals surface area contributed by atoms with Gasteiger partial charge in [0.1, 0.15) is 6.54 Å². The average Bonchev–Trinajstić information content (AvgIpc) is 2.37. The van der Waals surface area contributed by atoms with Crippen molar-refractivity contribution in [2.75, 3.05) is 13.1 Å². The predicted octanol–water partition coefficient (Wildman–Crippen LogP) is 2.25. The second-order valence-corrected chi connectivity index (χ2v) is 6.49. The highest BCUT2D eigenvalue weighted by Gasteiger charge is 2.30. The van der Waals surface area contributed by atoms with Gasteiger partial charge in [0.15, 0.2) is 0 Å². The Morgan fingerprint density at radius 1 is 1.19 bits per heavy atom. The first-order valence-electron chi connectivity index (χ1n) is 6.44. The Morgan fingerprint density at radius 3 is 2.33 bits per heavy atom. The monoisotopic (exact) mass is 324 g/mol. The van der Waals surface area contributed by atoms with Crippen LogP contribution >= 0.6 is 0 Å². The maximum Gasteiger partial charge on any atom is 0.402 e. The molecule has 21 heavy (non-hydrogen) atoms. The first-order valence-corrected chi connectivity index (χ1v) is 7.92. The molecule has 8 heteroatoms. The largest absolute Gasteiger partial charge is 0.402 e. The molecule has 1 aromatic carbocycles. The van der Waals surface area contributed by atoms with E-state index >= 15 is 0 Å². The van der Waals surface area contributed by atoms with E-state index in [4.69, 9.17) is 0 Å². The highest BCUT2D eigenvalue weighted by Crippen LogP contribution is 2.22. The topological polar surface area (TPSA) is 58.2 Å². The van der Waals surface area contributed by atoms with E-state index in [1.807, 2.05) is 13.0 Å². The molecule has 0 fully saturated rings. The summed E-state index contributed by atoms with van der Waals surface area (Å²) in [7, 11) is -4.19. The maximum absolute atomic E-state index is 12.2. The third-order valence-electron chi connectivity index (χ3n) is 3.01. The second-order valence-electron chi connectivity index (χ2n) is 4.76. The number of hydrogen-bond acceptors (Lipinski definition) is 3. The normalized spacial score (nSPS) is 12.7. The molecule has 1 aromatic rings. The molecule has 0 aliphatic carbocycles. The molecule has 0 atom stereocenters. The van der Waals surface area contributed by atoms with Crippen molar-refractivity contribution in [3.63, 3.8) is 0 Å². The van der Waals surface area contributed by atoms with Crippen molar-refractivity contribution in [2.45, 2.75) is 38.4 Å². The van der Waals surface area contributed by atoms with E-state index in [2.05, 4.69) is 5.32 Å². The van der Waals surface area contributed by atoms with Gasteiger partial charge in [-0.15, -0.1) is 0 Å². The summed E-state index contributed by atoms with van der Waals surface area (Å²) in [6.07, 6.45) is -4.59. The Morgan fingerprint density at radius 2 is 1.81 bits per heavy atom. The van der Waals surface area contributed by atoms with E-state index in [0.717, 1.165) is 5.56 Å². The Hall–Kier alpha value is -1.12. The number of halogens is 3. The van der Waals surface area contributed by atoms with Crippen molar-refractivity contribution in [1.82, 2.24) is 10.0 Å². The Labute approximate surface area is 122 Å². The van der Waals surface area contributed by atoms with Crippen molar-refractivity contribution in [3.05, 3.63) is 28.8 Å². The van der Waals surface area contributed by atoms with E-state index in [9.17, 15) is 21.6 Å². The fourth-order valence-corrected chi connectivity index (χ4v) is 3.18. The summed E-state index contributed by atoms with van der Waals surface area (Å²) in [5, 5.41) is 3.05. The maximum atomic E-state index is 12.2. The molecule has 2 N–H and O–H groups in total. The summed E-state index contributed by atoms with van der Waals surface area (Å²) < 4.78 is 62.3. The van der Waals surface area contributed by atoms with E-state index in [1.54, 1.807) is 18.6 Å². The lowest BCUT2D eigenvalue weighted by Gasteiger charge is -2.14. The van der Waals surface area contributed by atoms with Gasteiger partial charge in [0, 0.05) is 6.54 Å². The summed E-state index contributed by atoms with van der Waals surface area (Å²) in [6.45, 7) is 4.80. The zero-order valence-corrected chi connectivity index (χ0v) is 13.0. The van der Waals surface area contributed by atoms with E-state index in [1.165, 1.54) is 6.07 Å². The van der Waals surface area contributed by atoms with Crippen molar-refractivity contribution >= 4 is 10.0 Å². The van der Waals surface area contributed by atoms with Gasteiger partial charge >= 0.3 is 6.18 Å². The zero-order valence-electron chi connectivity index (χ0n) is 12.1. The summed E-state index contributed by atoms with van der Waals surface area (Å²) in [5.41, 5.74) is 1.88. The third kappa shape index (κ3) is 5.29. The Bertz CT molecular complexity index is 598. The second kappa shape index (κ2) is 6.76. The van der Waals surface area contributed by atoms with Crippen LogP contribution in [-0.4, -0.2) is 27.7 Å². The van der Waals surface area contributed by atoms with E-state index < -0.39 is 22.7 Å². The highest BCUT2D eigenvalue weighted by atomic mass is 32.2. The Kier molecular flexibility index (Phi) is 5.77. The molecule has 4 nitrogen and oxygen atoms in total. The van der Waals surface area contributed by atoms with Gasteiger partial charge in [0.05, 0.1) is 4.90 Å². The SMILES string of the molecule is CCNCc1cc(C)c(C)c(S(=O)(=O)NCC(F)(F)F)c1. The van der Waals surface area contributed by atoms with Crippen LogP contribution in [0.1, 0.15) is 23.6 Å². The summed E-state index contributed by atoms with van der Waals surface area (Å²) in [4.78, 5) is -0.111. The Balaban J connectivity index is 3.12. The zero-order chi connectivity index (χ0) is 16.3. The molecule has 120 valence electrons. The predicted molar refractivity (Wildman–Crippen MR) is 74.5 cm³/mol. The summed E-state index contributed by atoms with van der Waals surface area (Å²) >= 11 is 0. The fourth-order valence-electron chi connectivity index (χ4n) is 1.80. The first kappa shape index (κ1) is 17.9. The van der Waals surface area contributed by atoms with Crippen molar-refractivity contribution in [3.8, 4) is 0 Å². The summed E-state index contributed by atoms with van der Waals surface area (Å²) in [5.74, 6) is 0. The van der Waals surface area contributed by atoms with Crippen LogP contribution in [-0.2, 0) is 16.6 Å². The standard InChI is InChI=1S/C13H19F3N2O2S/c1-4-17-7-11-5-9(2)10(3)12(6-11)21(19,20)18-8-13(14,15)16/h5-6,17-18H,4,7-8H2,1-3H3. The van der Waals surface area contributed by atoms with Crippen molar-refractivity contribution in [2.24, 2.45) is 0 Å². The fraction of sp³-hybridized carbons (Fsp3) is 0.538. The van der Waals surface area contributed by atoms with Crippen LogP contribution in [0.2, 0.25) is 0 Å². The molecule has 0 aliphatic rings. The first-order chi connectivity index (χ1) is 9.57. The van der Waals surface area contributed by atoms with Crippen molar-refractivity contribution in [1.29, 1.82) is 0 Å². The number of nitrogens with one attached hydrogen (secondary N) is 2. The molecule has 0 saturated heterocycles. The molecule has 0 saturated carbocycles. The van der Waals surface area contributed by atoms with Gasteiger partial charge in [0.25, 0.3) is 0 Å². The lowest BCUT2D eigenvalue weighted by Crippen LogP contribution is -2.34. The number of sulfonamides is 1. The van der Waals surface area contributed by atoms with Gasteiger partial charge in [-0.3, -0.25) is 0 Å². The van der Waals surface area contributed by atoms with Gasteiger partial charge in [-0.25, -0.2) is 13.1 Å². The van der Waals surface area contributed by atoms with Crippen LogP contribution in [0, 0.1) is 13.8 Å². The number of rotatable bonds is 6. The van der Waals surface area contributed by atoms with Crippen LogP contribution in [0.4, 0.5) is 13.2 Å². The molecule has 0 radical (unpaired) electrons. The quantitative estimate of drug-likeness (QED) is 0.844. The lowest BCUT2D eigenvalue weighted by molar-refractivity contribution is -0.121. The molecule has 0 spiro atoms. The van der Waals surface area contributed by atoms with Gasteiger partial charge in [-0.2, -0.15) is 13.2 Å². The molecular weight excluding hydrogens is 305 g/mol. The van der Waals surface area contributed by atoms with Gasteiger partial charge in [-0.1, -0.05) is 13.0 Å². The number of hydrogen-bond donors (Lipinski definition) is 2. The minimum atomic E-state index is -4.59. The number of alkyl halides is 3. The third-order valence-corrected chi connectivity index (χ3v) is 4.54. The number of benzene rings is 1. The number of aryl methyl sites for hydroxylation is 1. The molecule has 0 bridgehead atoms. The smallest absolute Gasteiger partial charge is 0.313 e. The molecular formula is C13H19F3N2O2S. The molecule has 0 aliphatic heterocycles. The molecule has 0 unspecified atom stereocenters. The van der Waals surface area contributed by atoms with Crippen LogP contribution < -0.4 is 10.0 Å². The molecule has 1 rings (SSSR count). The molecule has 0 heterocycles. The van der Waals surface area contributed by atoms with Crippen LogP contribution in [0.5, 0.6) is 0 Å². The van der Waals surface area contributed by atoms with Crippen molar-refractivity contribution < 1.29 is 21.6 Å². The minimum absolute atomic E-state index is 0.111. The van der Waals surface area contributed by atoms with E-state index in [-0.39, 0.29) is 4.90 Å². The summed E-state index contributed by atoms with van der Waals surface area (Å²) in [6, 6.07) is 3.23. The molecule has 0 amide bonds. The van der Waals surface area contributed by atoms with Crippen LogP contribution in [0.25, 0.3) is 0 Å². The molecule has 0 aromatic heterocycles. The average molecular weight is 324 g/mol. The minimum Gasteiger partial charge on any atom is -0.313 e. The van der Waals surface area contributed by atoms with Gasteiger partial charge < -0.3 is 5.32 Å². The van der Waals surface area contributed by atoms with Crippen LogP contribution in [0.3, 0.4) is 0 Å². The van der Waals surface area contributed by atoms with Crippen LogP contribution in [0.15, 0.2) is 17.0 Å². The van der Waals surface area contributed by atoms with Gasteiger partial charge in [0.2, 0.25) is 10.0 Å². The highest BCUT2D eigenvalue weighted by molar-refractivity contribution is 7.89. The van der Waals surface area contributed by atoms with Gasteiger partial charge in [-0.05, 0) is 43.1 Å². The van der Waals surface area contributed by atoms with E-state index in [0.29, 0.717) is 24.2 Å².